The maximum atomic E-state index is 12.9. The van der Waals surface area contributed by atoms with Crippen LogP contribution < -0.4 is 15.6 Å². The van der Waals surface area contributed by atoms with Crippen LogP contribution in [0.4, 0.5) is 0 Å². The molecule has 0 saturated carbocycles. The molecule has 0 aromatic heterocycles. The number of fused-ring (bicyclic) bond motifs is 1. The van der Waals surface area contributed by atoms with Crippen LogP contribution in [0.2, 0.25) is 0 Å². The number of amides is 2. The van der Waals surface area contributed by atoms with E-state index >= 15 is 0 Å². The summed E-state index contributed by atoms with van der Waals surface area (Å²) in [5, 5.41) is 0. The molecule has 2 amide bonds. The fourth-order valence-electron chi connectivity index (χ4n) is 5.23. The van der Waals surface area contributed by atoms with E-state index in [1.807, 2.05) is 17.9 Å². The first-order valence-corrected chi connectivity index (χ1v) is 16.3. The van der Waals surface area contributed by atoms with Crippen LogP contribution in [0, 0.1) is 0 Å². The van der Waals surface area contributed by atoms with Gasteiger partial charge < -0.3 is 14.4 Å². The molecule has 0 unspecified atom stereocenters. The van der Waals surface area contributed by atoms with E-state index < -0.39 is 15.8 Å². The number of sulfone groups is 1. The van der Waals surface area contributed by atoms with E-state index in [1.54, 1.807) is 18.2 Å². The van der Waals surface area contributed by atoms with E-state index in [1.165, 1.54) is 26.4 Å². The Hall–Kier alpha value is -3.44. The van der Waals surface area contributed by atoms with Crippen molar-refractivity contribution in [2.24, 2.45) is 0 Å². The summed E-state index contributed by atoms with van der Waals surface area (Å²) < 4.78 is 33.6. The number of carbonyl (C=O) groups excluding carboxylic acids is 3. The maximum absolute atomic E-state index is 12.9. The second kappa shape index (κ2) is 15.7. The SMILES string of the molecule is CCCN(CCCCCC(=O)NN[C@H]1CCc2c(ccc(OC)c2C(=O)OC)C1)C(=O)Cc1ccc(S(C)(=O)=O)cc1. The van der Waals surface area contributed by atoms with Gasteiger partial charge in [-0.25, -0.2) is 18.6 Å². The fourth-order valence-corrected chi connectivity index (χ4v) is 5.86. The molecule has 0 spiro atoms. The number of benzene rings is 2. The van der Waals surface area contributed by atoms with E-state index in [2.05, 4.69) is 10.9 Å². The van der Waals surface area contributed by atoms with Gasteiger partial charge >= 0.3 is 5.97 Å². The number of esters is 1. The molecule has 3 rings (SSSR count). The van der Waals surface area contributed by atoms with Crippen molar-refractivity contribution < 1.29 is 32.3 Å². The Bertz CT molecular complexity index is 1340. The van der Waals surface area contributed by atoms with E-state index in [9.17, 15) is 22.8 Å². The predicted molar refractivity (Wildman–Crippen MR) is 160 cm³/mol. The van der Waals surface area contributed by atoms with Gasteiger partial charge in [0.25, 0.3) is 0 Å². The summed E-state index contributed by atoms with van der Waals surface area (Å²) in [4.78, 5) is 39.7. The summed E-state index contributed by atoms with van der Waals surface area (Å²) in [7, 11) is -0.380. The quantitative estimate of drug-likeness (QED) is 0.180. The van der Waals surface area contributed by atoms with Gasteiger partial charge in [-0.15, -0.1) is 0 Å². The summed E-state index contributed by atoms with van der Waals surface area (Å²) in [5.41, 5.74) is 9.20. The second-order valence-corrected chi connectivity index (χ2v) is 12.7. The lowest BCUT2D eigenvalue weighted by atomic mass is 9.85. The van der Waals surface area contributed by atoms with E-state index in [0.29, 0.717) is 50.1 Å². The Labute approximate surface area is 249 Å². The topological polar surface area (TPSA) is 131 Å². The molecule has 0 fully saturated rings. The van der Waals surface area contributed by atoms with Crippen LogP contribution in [-0.2, 0) is 43.4 Å². The number of hydrogen-bond acceptors (Lipinski definition) is 8. The molecule has 2 N–H and O–H groups in total. The van der Waals surface area contributed by atoms with Crippen LogP contribution in [-0.4, -0.2) is 70.7 Å². The molecular formula is C31H43N3O7S. The highest BCUT2D eigenvalue weighted by Gasteiger charge is 2.27. The summed E-state index contributed by atoms with van der Waals surface area (Å²) in [6.07, 6.45) is 7.04. The average Bonchev–Trinajstić information content (AvgIpc) is 2.97. The zero-order valence-corrected chi connectivity index (χ0v) is 25.8. The molecule has 1 aliphatic rings. The van der Waals surface area contributed by atoms with Gasteiger partial charge in [0.15, 0.2) is 9.84 Å². The Morgan fingerprint density at radius 1 is 1.00 bits per heavy atom. The van der Waals surface area contributed by atoms with Crippen molar-refractivity contribution in [2.45, 2.75) is 75.6 Å². The number of rotatable bonds is 15. The van der Waals surface area contributed by atoms with Gasteiger partial charge in [-0.2, -0.15) is 0 Å². The highest BCUT2D eigenvalue weighted by molar-refractivity contribution is 7.90. The van der Waals surface area contributed by atoms with Gasteiger partial charge in [0, 0.05) is 31.8 Å². The number of nitrogens with zero attached hydrogens (tertiary/aromatic N) is 1. The normalized spacial score (nSPS) is 14.5. The third-order valence-corrected chi connectivity index (χ3v) is 8.62. The van der Waals surface area contributed by atoms with Crippen LogP contribution in [0.1, 0.15) is 72.5 Å². The van der Waals surface area contributed by atoms with Crippen LogP contribution >= 0.6 is 0 Å². The van der Waals surface area contributed by atoms with Crippen molar-refractivity contribution >= 4 is 27.6 Å². The molecule has 0 bridgehead atoms. The van der Waals surface area contributed by atoms with E-state index in [0.717, 1.165) is 48.6 Å². The number of hydrogen-bond donors (Lipinski definition) is 2. The number of carbonyl (C=O) groups is 3. The van der Waals surface area contributed by atoms with Crippen molar-refractivity contribution in [3.63, 3.8) is 0 Å². The Morgan fingerprint density at radius 2 is 1.74 bits per heavy atom. The monoisotopic (exact) mass is 601 g/mol. The lowest BCUT2D eigenvalue weighted by molar-refractivity contribution is -0.130. The lowest BCUT2D eigenvalue weighted by Gasteiger charge is -2.27. The molecule has 0 radical (unpaired) electrons. The molecule has 0 aliphatic heterocycles. The predicted octanol–water partition coefficient (Wildman–Crippen LogP) is 3.41. The number of unbranched alkanes of at least 4 members (excludes halogenated alkanes) is 2. The summed E-state index contributed by atoms with van der Waals surface area (Å²) in [6, 6.07) is 10.2. The zero-order valence-electron chi connectivity index (χ0n) is 25.0. The minimum Gasteiger partial charge on any atom is -0.496 e. The van der Waals surface area contributed by atoms with E-state index in [4.69, 9.17) is 9.47 Å². The zero-order chi connectivity index (χ0) is 30.7. The third-order valence-electron chi connectivity index (χ3n) is 7.49. The number of ether oxygens (including phenoxy) is 2. The molecule has 42 heavy (non-hydrogen) atoms. The number of nitrogens with one attached hydrogen (secondary N) is 2. The number of hydrazine groups is 1. The number of methoxy groups -OCH3 is 2. The molecule has 10 nitrogen and oxygen atoms in total. The van der Waals surface area contributed by atoms with Crippen molar-refractivity contribution in [3.05, 3.63) is 58.7 Å². The Morgan fingerprint density at radius 3 is 2.38 bits per heavy atom. The molecule has 230 valence electrons. The Balaban J connectivity index is 1.38. The van der Waals surface area contributed by atoms with E-state index in [-0.39, 0.29) is 29.2 Å². The van der Waals surface area contributed by atoms with Crippen molar-refractivity contribution in [2.75, 3.05) is 33.6 Å². The second-order valence-electron chi connectivity index (χ2n) is 10.7. The van der Waals surface area contributed by atoms with Gasteiger partial charge in [-0.05, 0) is 73.4 Å². The molecule has 0 heterocycles. The standard InChI is InChI=1S/C31H43N3O7S/c1-5-18-34(29(36)20-22-10-14-25(15-11-22)42(4,38)39)19-8-6-7-9-28(35)33-32-24-13-16-26-23(21-24)12-17-27(40-2)30(26)31(37)41-3/h10-12,14-15,17,24,32H,5-9,13,16,18-21H2,1-4H3,(H,33,35)/t24-/m0/s1. The Kier molecular flexibility index (Phi) is 12.4. The molecular weight excluding hydrogens is 558 g/mol. The van der Waals surface area contributed by atoms with Crippen LogP contribution in [0.5, 0.6) is 5.75 Å². The van der Waals surface area contributed by atoms with Crippen molar-refractivity contribution in [3.8, 4) is 5.75 Å². The van der Waals surface area contributed by atoms with Gasteiger partial charge in [-0.3, -0.25) is 15.0 Å². The van der Waals surface area contributed by atoms with Gasteiger partial charge in [0.05, 0.1) is 25.5 Å². The maximum Gasteiger partial charge on any atom is 0.341 e. The summed E-state index contributed by atoms with van der Waals surface area (Å²) in [6.45, 7) is 3.30. The summed E-state index contributed by atoms with van der Waals surface area (Å²) in [5.74, 6) is 0.0254. The average molecular weight is 602 g/mol. The van der Waals surface area contributed by atoms with Crippen molar-refractivity contribution in [1.29, 1.82) is 0 Å². The fraction of sp³-hybridized carbons (Fsp3) is 0.516. The van der Waals surface area contributed by atoms with Crippen LogP contribution in [0.15, 0.2) is 41.3 Å². The van der Waals surface area contributed by atoms with Crippen LogP contribution in [0.3, 0.4) is 0 Å². The first-order chi connectivity index (χ1) is 20.1. The van der Waals surface area contributed by atoms with Crippen LogP contribution in [0.25, 0.3) is 0 Å². The molecule has 1 aliphatic carbocycles. The molecule has 2 aromatic carbocycles. The summed E-state index contributed by atoms with van der Waals surface area (Å²) >= 11 is 0. The molecule has 0 saturated heterocycles. The molecule has 2 aromatic rings. The minimum atomic E-state index is -3.27. The third kappa shape index (κ3) is 9.29. The smallest absolute Gasteiger partial charge is 0.341 e. The lowest BCUT2D eigenvalue weighted by Crippen LogP contribution is -2.46. The minimum absolute atomic E-state index is 0.0112. The highest BCUT2D eigenvalue weighted by Crippen LogP contribution is 2.31. The van der Waals surface area contributed by atoms with Gasteiger partial charge in [0.1, 0.15) is 11.3 Å². The van der Waals surface area contributed by atoms with Gasteiger partial charge in [0.2, 0.25) is 11.8 Å². The first-order valence-electron chi connectivity index (χ1n) is 14.5. The highest BCUT2D eigenvalue weighted by atomic mass is 32.2. The largest absolute Gasteiger partial charge is 0.496 e. The molecule has 11 heteroatoms. The first kappa shape index (κ1) is 33.1. The van der Waals surface area contributed by atoms with Gasteiger partial charge in [-0.1, -0.05) is 31.5 Å². The van der Waals surface area contributed by atoms with Crippen molar-refractivity contribution in [1.82, 2.24) is 15.8 Å². The molecule has 1 atom stereocenters.